The van der Waals surface area contributed by atoms with Gasteiger partial charge in [-0.05, 0) is 26.3 Å². The molecule has 0 unspecified atom stereocenters. The molecule has 0 radical (unpaired) electrons. The van der Waals surface area contributed by atoms with Crippen molar-refractivity contribution in [1.29, 1.82) is 0 Å². The van der Waals surface area contributed by atoms with Gasteiger partial charge in [0.25, 0.3) is 5.69 Å². The zero-order chi connectivity index (χ0) is 21.1. The Morgan fingerprint density at radius 3 is 2.21 bits per heavy atom. The van der Waals surface area contributed by atoms with E-state index < -0.39 is 52.4 Å². The van der Waals surface area contributed by atoms with Gasteiger partial charge >= 0.3 is 11.9 Å². The standard InChI is InChI=1S/C19H23NO8/c1-4-27-17(22)15-13(21)10-19(3,24)16(18(23)28-5-2)14(15)11-6-8-12(9-7-11)20(25)26/h6-9,14-16,24H,4-5,10H2,1-3H3/t14-,15-,16-,19+/m1/s1. The van der Waals surface area contributed by atoms with Crippen molar-refractivity contribution >= 4 is 23.4 Å². The molecule has 0 spiro atoms. The van der Waals surface area contributed by atoms with Crippen molar-refractivity contribution in [3.05, 3.63) is 39.9 Å². The van der Waals surface area contributed by atoms with E-state index in [1.165, 1.54) is 31.2 Å². The summed E-state index contributed by atoms with van der Waals surface area (Å²) in [5.74, 6) is -5.74. The Balaban J connectivity index is 2.61. The lowest BCUT2D eigenvalue weighted by atomic mass is 9.61. The number of carbonyl (C=O) groups is 3. The van der Waals surface area contributed by atoms with Crippen LogP contribution in [0.5, 0.6) is 0 Å². The summed E-state index contributed by atoms with van der Waals surface area (Å²) in [5.41, 5.74) is -1.60. The van der Waals surface area contributed by atoms with Gasteiger partial charge in [0, 0.05) is 24.5 Å². The largest absolute Gasteiger partial charge is 0.466 e. The fourth-order valence-corrected chi connectivity index (χ4v) is 3.70. The predicted molar refractivity (Wildman–Crippen MR) is 96.3 cm³/mol. The first kappa shape index (κ1) is 21.5. The molecule has 152 valence electrons. The SMILES string of the molecule is CCOC(=O)[C@@H]1C(=O)C[C@](C)(O)[C@@H](C(=O)OCC)[C@@H]1c1ccc([N+](=O)[O-])cc1. The second-order valence-corrected chi connectivity index (χ2v) is 6.83. The normalized spacial score (nSPS) is 27.1. The molecule has 0 amide bonds. The summed E-state index contributed by atoms with van der Waals surface area (Å²) in [7, 11) is 0. The second-order valence-electron chi connectivity index (χ2n) is 6.83. The van der Waals surface area contributed by atoms with Crippen molar-refractivity contribution in [2.45, 2.75) is 38.7 Å². The molecule has 0 aliphatic heterocycles. The van der Waals surface area contributed by atoms with E-state index >= 15 is 0 Å². The molecular weight excluding hydrogens is 370 g/mol. The number of esters is 2. The first-order chi connectivity index (χ1) is 13.1. The Bertz CT molecular complexity index is 771. The topological polar surface area (TPSA) is 133 Å². The Morgan fingerprint density at radius 1 is 1.18 bits per heavy atom. The highest BCUT2D eigenvalue weighted by Crippen LogP contribution is 2.46. The van der Waals surface area contributed by atoms with Crippen LogP contribution in [0.15, 0.2) is 24.3 Å². The number of hydrogen-bond acceptors (Lipinski definition) is 8. The van der Waals surface area contributed by atoms with E-state index in [1.807, 2.05) is 0 Å². The molecule has 1 N–H and O–H groups in total. The van der Waals surface area contributed by atoms with E-state index in [1.54, 1.807) is 13.8 Å². The number of benzene rings is 1. The Labute approximate surface area is 161 Å². The zero-order valence-corrected chi connectivity index (χ0v) is 15.9. The maximum Gasteiger partial charge on any atom is 0.317 e. The third-order valence-corrected chi connectivity index (χ3v) is 4.84. The van der Waals surface area contributed by atoms with E-state index in [-0.39, 0.29) is 18.9 Å². The van der Waals surface area contributed by atoms with Crippen LogP contribution in [0.2, 0.25) is 0 Å². The highest BCUT2D eigenvalue weighted by Gasteiger charge is 2.57. The lowest BCUT2D eigenvalue weighted by molar-refractivity contribution is -0.384. The van der Waals surface area contributed by atoms with E-state index in [4.69, 9.17) is 9.47 Å². The third kappa shape index (κ3) is 4.19. The maximum atomic E-state index is 12.7. The van der Waals surface area contributed by atoms with Gasteiger partial charge in [-0.1, -0.05) is 12.1 Å². The van der Waals surface area contributed by atoms with Gasteiger partial charge in [0.1, 0.15) is 5.92 Å². The van der Waals surface area contributed by atoms with Gasteiger partial charge in [-0.3, -0.25) is 24.5 Å². The average molecular weight is 393 g/mol. The fraction of sp³-hybridized carbons (Fsp3) is 0.526. The number of Topliss-reactive ketones (excluding diaryl/α,β-unsaturated/α-hetero) is 1. The van der Waals surface area contributed by atoms with Gasteiger partial charge in [-0.2, -0.15) is 0 Å². The van der Waals surface area contributed by atoms with Crippen LogP contribution in [0.25, 0.3) is 0 Å². The highest BCUT2D eigenvalue weighted by molar-refractivity contribution is 6.02. The van der Waals surface area contributed by atoms with Crippen LogP contribution in [0, 0.1) is 22.0 Å². The van der Waals surface area contributed by atoms with Gasteiger partial charge in [-0.15, -0.1) is 0 Å². The van der Waals surface area contributed by atoms with Crippen LogP contribution in [0.1, 0.15) is 38.7 Å². The molecule has 1 aliphatic rings. The second kappa shape index (κ2) is 8.47. The van der Waals surface area contributed by atoms with Crippen LogP contribution >= 0.6 is 0 Å². The lowest BCUT2D eigenvalue weighted by Crippen LogP contribution is -2.55. The number of ketones is 1. The van der Waals surface area contributed by atoms with Gasteiger partial charge < -0.3 is 14.6 Å². The van der Waals surface area contributed by atoms with Crippen molar-refractivity contribution in [1.82, 2.24) is 0 Å². The van der Waals surface area contributed by atoms with E-state index in [9.17, 15) is 29.6 Å². The number of non-ortho nitro benzene ring substituents is 1. The molecule has 0 bridgehead atoms. The van der Waals surface area contributed by atoms with E-state index in [0.29, 0.717) is 5.56 Å². The first-order valence-electron chi connectivity index (χ1n) is 8.96. The van der Waals surface area contributed by atoms with Crippen LogP contribution in [0.4, 0.5) is 5.69 Å². The van der Waals surface area contributed by atoms with Crippen molar-refractivity contribution in [3.63, 3.8) is 0 Å². The Kier molecular flexibility index (Phi) is 6.50. The minimum Gasteiger partial charge on any atom is -0.466 e. The number of nitrogens with zero attached hydrogens (tertiary/aromatic N) is 1. The first-order valence-corrected chi connectivity index (χ1v) is 8.96. The van der Waals surface area contributed by atoms with E-state index in [0.717, 1.165) is 0 Å². The van der Waals surface area contributed by atoms with Gasteiger partial charge in [0.15, 0.2) is 5.78 Å². The summed E-state index contributed by atoms with van der Waals surface area (Å²) < 4.78 is 10.1. The molecule has 1 saturated carbocycles. The highest BCUT2D eigenvalue weighted by atomic mass is 16.6. The third-order valence-electron chi connectivity index (χ3n) is 4.84. The summed E-state index contributed by atoms with van der Waals surface area (Å²) in [6.07, 6.45) is -0.413. The molecule has 9 heteroatoms. The summed E-state index contributed by atoms with van der Waals surface area (Å²) >= 11 is 0. The van der Waals surface area contributed by atoms with Crippen molar-refractivity contribution < 1.29 is 33.9 Å². The van der Waals surface area contributed by atoms with Crippen molar-refractivity contribution in [2.24, 2.45) is 11.8 Å². The van der Waals surface area contributed by atoms with Crippen LogP contribution < -0.4 is 0 Å². The van der Waals surface area contributed by atoms with Gasteiger partial charge in [0.2, 0.25) is 0 Å². The minimum atomic E-state index is -1.75. The Morgan fingerprint density at radius 2 is 1.71 bits per heavy atom. The maximum absolute atomic E-state index is 12.7. The lowest BCUT2D eigenvalue weighted by Gasteiger charge is -2.43. The van der Waals surface area contributed by atoms with Gasteiger partial charge in [-0.25, -0.2) is 0 Å². The number of hydrogen-bond donors (Lipinski definition) is 1. The molecule has 1 fully saturated rings. The molecule has 0 saturated heterocycles. The number of rotatable bonds is 6. The van der Waals surface area contributed by atoms with Crippen LogP contribution in [-0.2, 0) is 23.9 Å². The van der Waals surface area contributed by atoms with Gasteiger partial charge in [0.05, 0.1) is 29.7 Å². The molecule has 0 aromatic heterocycles. The molecule has 9 nitrogen and oxygen atoms in total. The number of aliphatic hydroxyl groups is 1. The predicted octanol–water partition coefficient (Wildman–Crippen LogP) is 1.76. The molecule has 1 aliphatic carbocycles. The molecule has 2 rings (SSSR count). The van der Waals surface area contributed by atoms with Crippen molar-refractivity contribution in [2.75, 3.05) is 13.2 Å². The molecule has 1 aromatic carbocycles. The molecular formula is C19H23NO8. The zero-order valence-electron chi connectivity index (χ0n) is 15.9. The summed E-state index contributed by atoms with van der Waals surface area (Å²) in [5, 5.41) is 21.7. The molecule has 0 heterocycles. The average Bonchev–Trinajstić information content (AvgIpc) is 2.60. The smallest absolute Gasteiger partial charge is 0.317 e. The number of ether oxygens (including phenoxy) is 2. The molecule has 1 aromatic rings. The summed E-state index contributed by atoms with van der Waals surface area (Å²) in [6.45, 7) is 4.62. The quantitative estimate of drug-likeness (QED) is 0.334. The fourth-order valence-electron chi connectivity index (χ4n) is 3.70. The van der Waals surface area contributed by atoms with E-state index in [2.05, 4.69) is 0 Å². The minimum absolute atomic E-state index is 0.0378. The number of carbonyl (C=O) groups excluding carboxylic acids is 3. The Hall–Kier alpha value is -2.81. The number of nitro groups is 1. The summed E-state index contributed by atoms with van der Waals surface area (Å²) in [6, 6.07) is 5.17. The summed E-state index contributed by atoms with van der Waals surface area (Å²) in [4.78, 5) is 48.2. The van der Waals surface area contributed by atoms with Crippen molar-refractivity contribution in [3.8, 4) is 0 Å². The molecule has 28 heavy (non-hydrogen) atoms. The number of nitro benzene ring substituents is 1. The monoisotopic (exact) mass is 393 g/mol. The molecule has 4 atom stereocenters. The van der Waals surface area contributed by atoms with Crippen LogP contribution in [-0.4, -0.2) is 46.6 Å². The van der Waals surface area contributed by atoms with Crippen LogP contribution in [0.3, 0.4) is 0 Å².